The SMILES string of the molecule is CC(C)c1cc(Br)ccc1OCC(=O)NNC(=O)c1ccccc1Br. The fraction of sp³-hybridized carbons (Fsp3) is 0.222. The molecule has 0 radical (unpaired) electrons. The smallest absolute Gasteiger partial charge is 0.276 e. The zero-order chi connectivity index (χ0) is 18.4. The highest BCUT2D eigenvalue weighted by atomic mass is 79.9. The van der Waals surface area contributed by atoms with E-state index in [-0.39, 0.29) is 12.5 Å². The van der Waals surface area contributed by atoms with Crippen LogP contribution in [0.3, 0.4) is 0 Å². The molecular formula is C18H18Br2N2O3. The van der Waals surface area contributed by atoms with E-state index in [4.69, 9.17) is 4.74 Å². The van der Waals surface area contributed by atoms with Gasteiger partial charge in [0.2, 0.25) is 0 Å². The van der Waals surface area contributed by atoms with Crippen molar-refractivity contribution >= 4 is 43.7 Å². The Balaban J connectivity index is 1.89. The molecule has 0 aliphatic rings. The summed E-state index contributed by atoms with van der Waals surface area (Å²) in [4.78, 5) is 23.9. The minimum Gasteiger partial charge on any atom is -0.483 e. The zero-order valence-electron chi connectivity index (χ0n) is 13.8. The molecule has 0 heterocycles. The lowest BCUT2D eigenvalue weighted by molar-refractivity contribution is -0.123. The first-order valence-corrected chi connectivity index (χ1v) is 9.23. The van der Waals surface area contributed by atoms with Crippen LogP contribution in [0.15, 0.2) is 51.4 Å². The average molecular weight is 470 g/mol. The molecule has 2 amide bonds. The summed E-state index contributed by atoms with van der Waals surface area (Å²) in [6.45, 7) is 3.90. The third-order valence-corrected chi connectivity index (χ3v) is 4.57. The maximum Gasteiger partial charge on any atom is 0.276 e. The number of nitrogens with one attached hydrogen (secondary N) is 2. The summed E-state index contributed by atoms with van der Waals surface area (Å²) in [6.07, 6.45) is 0. The molecule has 0 saturated carbocycles. The predicted octanol–water partition coefficient (Wildman–Crippen LogP) is 4.18. The quantitative estimate of drug-likeness (QED) is 0.645. The van der Waals surface area contributed by atoms with Gasteiger partial charge in [-0.05, 0) is 57.7 Å². The van der Waals surface area contributed by atoms with Crippen molar-refractivity contribution in [1.82, 2.24) is 10.9 Å². The van der Waals surface area contributed by atoms with Crippen molar-refractivity contribution < 1.29 is 14.3 Å². The van der Waals surface area contributed by atoms with Gasteiger partial charge >= 0.3 is 0 Å². The molecule has 2 aromatic carbocycles. The zero-order valence-corrected chi connectivity index (χ0v) is 17.0. The van der Waals surface area contributed by atoms with Crippen molar-refractivity contribution in [3.05, 3.63) is 62.5 Å². The number of rotatable bonds is 5. The second kappa shape index (κ2) is 9.01. The van der Waals surface area contributed by atoms with E-state index < -0.39 is 11.8 Å². The Morgan fingerprint density at radius 1 is 1.08 bits per heavy atom. The number of hydrazine groups is 1. The number of carbonyl (C=O) groups is 2. The molecule has 0 aromatic heterocycles. The maximum atomic E-state index is 12.0. The van der Waals surface area contributed by atoms with Crippen LogP contribution in [0.1, 0.15) is 35.7 Å². The molecule has 2 N–H and O–H groups in total. The van der Waals surface area contributed by atoms with Gasteiger partial charge in [-0.2, -0.15) is 0 Å². The fourth-order valence-corrected chi connectivity index (χ4v) is 2.96. The summed E-state index contributed by atoms with van der Waals surface area (Å²) in [6, 6.07) is 12.6. The monoisotopic (exact) mass is 468 g/mol. The number of ether oxygens (including phenoxy) is 1. The van der Waals surface area contributed by atoms with Crippen molar-refractivity contribution in [2.24, 2.45) is 0 Å². The molecule has 25 heavy (non-hydrogen) atoms. The maximum absolute atomic E-state index is 12.0. The molecule has 5 nitrogen and oxygen atoms in total. The summed E-state index contributed by atoms with van der Waals surface area (Å²) >= 11 is 6.72. The number of amides is 2. The largest absolute Gasteiger partial charge is 0.483 e. The first-order valence-electron chi connectivity index (χ1n) is 7.64. The molecule has 0 atom stereocenters. The van der Waals surface area contributed by atoms with Crippen molar-refractivity contribution in [3.8, 4) is 5.75 Å². The summed E-state index contributed by atoms with van der Waals surface area (Å²) < 4.78 is 7.18. The lowest BCUT2D eigenvalue weighted by Gasteiger charge is -2.14. The van der Waals surface area contributed by atoms with Crippen molar-refractivity contribution in [2.45, 2.75) is 19.8 Å². The van der Waals surface area contributed by atoms with Crippen LogP contribution in [-0.2, 0) is 4.79 Å². The lowest BCUT2D eigenvalue weighted by atomic mass is 10.0. The van der Waals surface area contributed by atoms with Gasteiger partial charge in [0.05, 0.1) is 5.56 Å². The Bertz CT molecular complexity index is 779. The predicted molar refractivity (Wildman–Crippen MR) is 103 cm³/mol. The molecule has 0 spiro atoms. The molecule has 0 unspecified atom stereocenters. The molecular weight excluding hydrogens is 452 g/mol. The van der Waals surface area contributed by atoms with Crippen LogP contribution in [0.25, 0.3) is 0 Å². The topological polar surface area (TPSA) is 67.4 Å². The van der Waals surface area contributed by atoms with Gasteiger partial charge in [-0.1, -0.05) is 41.9 Å². The molecule has 7 heteroatoms. The first-order chi connectivity index (χ1) is 11.9. The van der Waals surface area contributed by atoms with Crippen LogP contribution in [0.4, 0.5) is 0 Å². The number of hydrogen-bond donors (Lipinski definition) is 2. The van der Waals surface area contributed by atoms with E-state index in [0.717, 1.165) is 10.0 Å². The van der Waals surface area contributed by atoms with E-state index >= 15 is 0 Å². The molecule has 0 aliphatic heterocycles. The van der Waals surface area contributed by atoms with Gasteiger partial charge in [-0.25, -0.2) is 0 Å². The third-order valence-electron chi connectivity index (χ3n) is 3.39. The van der Waals surface area contributed by atoms with Crippen LogP contribution in [0.5, 0.6) is 5.75 Å². The highest BCUT2D eigenvalue weighted by Gasteiger charge is 2.12. The van der Waals surface area contributed by atoms with E-state index in [1.165, 1.54) is 0 Å². The number of hydrogen-bond acceptors (Lipinski definition) is 3. The van der Waals surface area contributed by atoms with Gasteiger partial charge in [0.25, 0.3) is 11.8 Å². The Hall–Kier alpha value is -1.86. The Morgan fingerprint density at radius 2 is 1.80 bits per heavy atom. The molecule has 132 valence electrons. The highest BCUT2D eigenvalue weighted by molar-refractivity contribution is 9.10. The molecule has 0 saturated heterocycles. The van der Waals surface area contributed by atoms with Gasteiger partial charge in [-0.15, -0.1) is 0 Å². The van der Waals surface area contributed by atoms with Crippen molar-refractivity contribution in [2.75, 3.05) is 6.61 Å². The molecule has 2 aromatic rings. The van der Waals surface area contributed by atoms with Gasteiger partial charge in [-0.3, -0.25) is 20.4 Å². The van der Waals surface area contributed by atoms with Crippen LogP contribution in [0, 0.1) is 0 Å². The van der Waals surface area contributed by atoms with Crippen LogP contribution in [0.2, 0.25) is 0 Å². The molecule has 0 aliphatic carbocycles. The van der Waals surface area contributed by atoms with Crippen molar-refractivity contribution in [1.29, 1.82) is 0 Å². The van der Waals surface area contributed by atoms with Gasteiger partial charge in [0.1, 0.15) is 5.75 Å². The highest BCUT2D eigenvalue weighted by Crippen LogP contribution is 2.29. The molecule has 2 rings (SSSR count). The third kappa shape index (κ3) is 5.57. The Kier molecular flexibility index (Phi) is 7.01. The standard InChI is InChI=1S/C18H18Br2N2O3/c1-11(2)14-9-12(19)7-8-16(14)25-10-17(23)21-22-18(24)13-5-3-4-6-15(13)20/h3-9,11H,10H2,1-2H3,(H,21,23)(H,22,24). The minimum absolute atomic E-state index is 0.197. The summed E-state index contributed by atoms with van der Waals surface area (Å²) in [5, 5.41) is 0. The van der Waals surface area contributed by atoms with E-state index in [9.17, 15) is 9.59 Å². The molecule has 0 fully saturated rings. The first kappa shape index (κ1) is 19.5. The second-order valence-corrected chi connectivity index (χ2v) is 7.38. The Morgan fingerprint density at radius 3 is 2.48 bits per heavy atom. The summed E-state index contributed by atoms with van der Waals surface area (Å²) in [5.41, 5.74) is 6.14. The van der Waals surface area contributed by atoms with Gasteiger partial charge in [0.15, 0.2) is 6.61 Å². The molecule has 0 bridgehead atoms. The van der Waals surface area contributed by atoms with Crippen molar-refractivity contribution in [3.63, 3.8) is 0 Å². The summed E-state index contributed by atoms with van der Waals surface area (Å²) in [7, 11) is 0. The van der Waals surface area contributed by atoms with Gasteiger partial charge in [0, 0.05) is 8.95 Å². The lowest BCUT2D eigenvalue weighted by Crippen LogP contribution is -2.44. The van der Waals surface area contributed by atoms with Gasteiger partial charge < -0.3 is 4.74 Å². The normalized spacial score (nSPS) is 10.4. The Labute approximate surface area is 163 Å². The minimum atomic E-state index is -0.446. The fourth-order valence-electron chi connectivity index (χ4n) is 2.12. The number of benzene rings is 2. The summed E-state index contributed by atoms with van der Waals surface area (Å²) in [5.74, 6) is 0.0431. The van der Waals surface area contributed by atoms with Crippen LogP contribution < -0.4 is 15.6 Å². The van der Waals surface area contributed by atoms with E-state index in [1.807, 2.05) is 32.0 Å². The van der Waals surface area contributed by atoms with E-state index in [0.29, 0.717) is 15.8 Å². The second-order valence-electron chi connectivity index (χ2n) is 5.61. The van der Waals surface area contributed by atoms with Crippen LogP contribution >= 0.6 is 31.9 Å². The van der Waals surface area contributed by atoms with E-state index in [2.05, 4.69) is 42.7 Å². The number of carbonyl (C=O) groups excluding carboxylic acids is 2. The number of halogens is 2. The average Bonchev–Trinajstić information content (AvgIpc) is 2.58. The van der Waals surface area contributed by atoms with Crippen LogP contribution in [-0.4, -0.2) is 18.4 Å². The van der Waals surface area contributed by atoms with E-state index in [1.54, 1.807) is 24.3 Å².